The van der Waals surface area contributed by atoms with E-state index in [2.05, 4.69) is 6.08 Å². The van der Waals surface area contributed by atoms with Gasteiger partial charge in [0.2, 0.25) is 5.91 Å². The molecule has 2 heterocycles. The number of imide groups is 2. The highest BCUT2D eigenvalue weighted by atomic mass is 16.2. The summed E-state index contributed by atoms with van der Waals surface area (Å²) in [6.07, 6.45) is 7.76. The lowest BCUT2D eigenvalue weighted by Gasteiger charge is -2.21. The maximum Gasteiger partial charge on any atom is 0.334 e. The standard InChI is InChI=1S/C21H23N3O4/c25-18(22-13-11-16-8-4-5-9-17(16)22)14-24-20(27)19(26)23(21(24)28)12-10-15-6-2-1-3-7-15/h4-6,8-9H,1-3,7,10-14H2. The summed E-state index contributed by atoms with van der Waals surface area (Å²) >= 11 is 0. The summed E-state index contributed by atoms with van der Waals surface area (Å²) in [6.45, 7) is 0.295. The van der Waals surface area contributed by atoms with Crippen LogP contribution in [0.2, 0.25) is 0 Å². The summed E-state index contributed by atoms with van der Waals surface area (Å²) in [7, 11) is 0. The molecule has 0 saturated carbocycles. The maximum atomic E-state index is 12.7. The Hall–Kier alpha value is -2.96. The molecule has 4 rings (SSSR count). The van der Waals surface area contributed by atoms with Crippen molar-refractivity contribution in [1.29, 1.82) is 0 Å². The van der Waals surface area contributed by atoms with Gasteiger partial charge in [-0.2, -0.15) is 0 Å². The molecule has 1 aromatic carbocycles. The highest BCUT2D eigenvalue weighted by Crippen LogP contribution is 2.28. The number of fused-ring (bicyclic) bond motifs is 1. The Balaban J connectivity index is 1.41. The van der Waals surface area contributed by atoms with Gasteiger partial charge in [-0.15, -0.1) is 0 Å². The molecule has 5 amide bonds. The van der Waals surface area contributed by atoms with E-state index in [4.69, 9.17) is 0 Å². The van der Waals surface area contributed by atoms with Crippen LogP contribution in [-0.4, -0.2) is 53.2 Å². The molecular weight excluding hydrogens is 358 g/mol. The lowest BCUT2D eigenvalue weighted by Crippen LogP contribution is -2.43. The molecular formula is C21H23N3O4. The molecule has 0 radical (unpaired) electrons. The van der Waals surface area contributed by atoms with Crippen molar-refractivity contribution in [2.45, 2.75) is 38.5 Å². The first-order valence-corrected chi connectivity index (χ1v) is 9.80. The minimum atomic E-state index is -0.913. The van der Waals surface area contributed by atoms with Crippen molar-refractivity contribution in [2.24, 2.45) is 0 Å². The number of hydrogen-bond donors (Lipinski definition) is 0. The maximum absolute atomic E-state index is 12.7. The molecule has 7 nitrogen and oxygen atoms in total. The SMILES string of the molecule is O=C1C(=O)N(CC(=O)N2CCc3ccccc32)C(=O)N1CCC1=CCCCC1. The molecule has 0 atom stereocenters. The van der Waals surface area contributed by atoms with Gasteiger partial charge in [-0.05, 0) is 50.2 Å². The first kappa shape index (κ1) is 18.4. The fourth-order valence-electron chi connectivity index (χ4n) is 4.09. The van der Waals surface area contributed by atoms with E-state index in [1.807, 2.05) is 24.3 Å². The van der Waals surface area contributed by atoms with Crippen molar-refractivity contribution in [1.82, 2.24) is 9.80 Å². The molecule has 0 unspecified atom stereocenters. The lowest BCUT2D eigenvalue weighted by molar-refractivity contribution is -0.143. The molecule has 0 N–H and O–H groups in total. The second-order valence-corrected chi connectivity index (χ2v) is 7.41. The molecule has 3 aliphatic rings. The fourth-order valence-corrected chi connectivity index (χ4v) is 4.09. The van der Waals surface area contributed by atoms with Crippen LogP contribution in [0.5, 0.6) is 0 Å². The number of hydrogen-bond acceptors (Lipinski definition) is 4. The van der Waals surface area contributed by atoms with Crippen LogP contribution in [0.4, 0.5) is 10.5 Å². The van der Waals surface area contributed by atoms with Crippen LogP contribution in [0.1, 0.15) is 37.7 Å². The molecule has 7 heteroatoms. The molecule has 146 valence electrons. The predicted molar refractivity (Wildman–Crippen MR) is 102 cm³/mol. The molecule has 0 spiro atoms. The average Bonchev–Trinajstić information content (AvgIpc) is 3.23. The van der Waals surface area contributed by atoms with Crippen molar-refractivity contribution in [3.8, 4) is 0 Å². The molecule has 2 aliphatic heterocycles. The Morgan fingerprint density at radius 1 is 0.964 bits per heavy atom. The van der Waals surface area contributed by atoms with Gasteiger partial charge in [0, 0.05) is 18.8 Å². The van der Waals surface area contributed by atoms with E-state index >= 15 is 0 Å². The van der Waals surface area contributed by atoms with Crippen molar-refractivity contribution < 1.29 is 19.2 Å². The zero-order valence-corrected chi connectivity index (χ0v) is 15.7. The van der Waals surface area contributed by atoms with Crippen LogP contribution in [0.3, 0.4) is 0 Å². The van der Waals surface area contributed by atoms with E-state index < -0.39 is 24.4 Å². The third-order valence-electron chi connectivity index (χ3n) is 5.66. The van der Waals surface area contributed by atoms with Crippen molar-refractivity contribution in [3.05, 3.63) is 41.5 Å². The zero-order chi connectivity index (χ0) is 19.7. The van der Waals surface area contributed by atoms with Gasteiger partial charge in [0.1, 0.15) is 6.54 Å². The molecule has 28 heavy (non-hydrogen) atoms. The van der Waals surface area contributed by atoms with Crippen LogP contribution in [-0.2, 0) is 20.8 Å². The largest absolute Gasteiger partial charge is 0.334 e. The van der Waals surface area contributed by atoms with E-state index in [0.717, 1.165) is 46.7 Å². The number of para-hydroxylation sites is 1. The lowest BCUT2D eigenvalue weighted by atomic mass is 9.97. The minimum Gasteiger partial charge on any atom is -0.310 e. The second kappa shape index (κ2) is 7.58. The summed E-state index contributed by atoms with van der Waals surface area (Å²) < 4.78 is 0. The van der Waals surface area contributed by atoms with Crippen molar-refractivity contribution in [2.75, 3.05) is 24.5 Å². The normalized spacial score (nSPS) is 19.4. The Morgan fingerprint density at radius 2 is 1.75 bits per heavy atom. The van der Waals surface area contributed by atoms with E-state index in [1.54, 1.807) is 4.90 Å². The number of carbonyl (C=O) groups excluding carboxylic acids is 4. The van der Waals surface area contributed by atoms with Gasteiger partial charge in [0.05, 0.1) is 0 Å². The van der Waals surface area contributed by atoms with Gasteiger partial charge in [-0.3, -0.25) is 19.3 Å². The van der Waals surface area contributed by atoms with Gasteiger partial charge >= 0.3 is 17.8 Å². The average molecular weight is 381 g/mol. The quantitative estimate of drug-likeness (QED) is 0.445. The topological polar surface area (TPSA) is 78.0 Å². The number of nitrogens with zero attached hydrogens (tertiary/aromatic N) is 3. The molecule has 0 bridgehead atoms. The van der Waals surface area contributed by atoms with Gasteiger partial charge in [0.15, 0.2) is 0 Å². The highest BCUT2D eigenvalue weighted by Gasteiger charge is 2.45. The summed E-state index contributed by atoms with van der Waals surface area (Å²) in [6, 6.07) is 6.89. The summed E-state index contributed by atoms with van der Waals surface area (Å²) in [5.41, 5.74) is 3.09. The predicted octanol–water partition coefficient (Wildman–Crippen LogP) is 2.26. The van der Waals surface area contributed by atoms with Crippen molar-refractivity contribution in [3.63, 3.8) is 0 Å². The Kier molecular flexibility index (Phi) is 4.98. The van der Waals surface area contributed by atoms with Crippen LogP contribution >= 0.6 is 0 Å². The minimum absolute atomic E-state index is 0.187. The molecule has 1 saturated heterocycles. The van der Waals surface area contributed by atoms with E-state index in [9.17, 15) is 19.2 Å². The number of urea groups is 1. The smallest absolute Gasteiger partial charge is 0.310 e. The first-order valence-electron chi connectivity index (χ1n) is 9.80. The van der Waals surface area contributed by atoms with Gasteiger partial charge in [0.25, 0.3) is 0 Å². The third kappa shape index (κ3) is 3.32. The summed E-state index contributed by atoms with van der Waals surface area (Å²) in [5, 5.41) is 0. The fraction of sp³-hybridized carbons (Fsp3) is 0.429. The second-order valence-electron chi connectivity index (χ2n) is 7.41. The van der Waals surface area contributed by atoms with Gasteiger partial charge in [-0.25, -0.2) is 9.69 Å². The van der Waals surface area contributed by atoms with Gasteiger partial charge < -0.3 is 4.90 Å². The van der Waals surface area contributed by atoms with Crippen LogP contribution in [0.15, 0.2) is 35.9 Å². The number of rotatable bonds is 5. The molecule has 1 aliphatic carbocycles. The third-order valence-corrected chi connectivity index (χ3v) is 5.66. The van der Waals surface area contributed by atoms with Crippen molar-refractivity contribution >= 4 is 29.4 Å². The number of carbonyl (C=O) groups is 4. The van der Waals surface area contributed by atoms with Crippen LogP contribution < -0.4 is 4.90 Å². The summed E-state index contributed by atoms with van der Waals surface area (Å²) in [5.74, 6) is -2.10. The number of amides is 5. The zero-order valence-electron chi connectivity index (χ0n) is 15.7. The molecule has 1 aromatic rings. The van der Waals surface area contributed by atoms with Crippen LogP contribution in [0, 0.1) is 0 Å². The highest BCUT2D eigenvalue weighted by molar-refractivity contribution is 6.45. The number of benzene rings is 1. The Labute approximate surface area is 163 Å². The summed E-state index contributed by atoms with van der Waals surface area (Å²) in [4.78, 5) is 53.2. The first-order chi connectivity index (χ1) is 13.6. The Morgan fingerprint density at radius 3 is 2.54 bits per heavy atom. The number of anilines is 1. The van der Waals surface area contributed by atoms with Crippen LogP contribution in [0.25, 0.3) is 0 Å². The van der Waals surface area contributed by atoms with E-state index in [1.165, 1.54) is 12.0 Å². The molecule has 0 aromatic heterocycles. The van der Waals surface area contributed by atoms with E-state index in [0.29, 0.717) is 13.0 Å². The molecule has 1 fully saturated rings. The van der Waals surface area contributed by atoms with E-state index in [-0.39, 0.29) is 12.5 Å². The Bertz CT molecular complexity index is 876. The monoisotopic (exact) mass is 381 g/mol. The van der Waals surface area contributed by atoms with Gasteiger partial charge in [-0.1, -0.05) is 29.8 Å². The number of allylic oxidation sites excluding steroid dienone is 1.